The maximum absolute atomic E-state index is 10.7. The van der Waals surface area contributed by atoms with Crippen molar-refractivity contribution in [3.63, 3.8) is 0 Å². The maximum atomic E-state index is 10.7. The molecule has 4 heteroatoms. The minimum Gasteiger partial charge on any atom is -0.490 e. The number of carbonyl (C=O) groups is 1. The van der Waals surface area contributed by atoms with Gasteiger partial charge in [0.2, 0.25) is 0 Å². The number of methoxy groups -OCH3 is 1. The van der Waals surface area contributed by atoms with Crippen LogP contribution in [0.2, 0.25) is 0 Å². The minimum atomic E-state index is 0.483. The summed E-state index contributed by atoms with van der Waals surface area (Å²) in [4.78, 5) is 14.9. The predicted octanol–water partition coefficient (Wildman–Crippen LogP) is 2.07. The number of rotatable bonds is 5. The maximum Gasteiger partial charge on any atom is 0.150 e. The zero-order valence-corrected chi connectivity index (χ0v) is 9.55. The molecule has 0 aliphatic rings. The van der Waals surface area contributed by atoms with Crippen LogP contribution >= 0.6 is 0 Å². The van der Waals surface area contributed by atoms with Crippen molar-refractivity contribution in [2.45, 2.75) is 0 Å². The summed E-state index contributed by atoms with van der Waals surface area (Å²) in [6.07, 6.45) is 2.48. The van der Waals surface area contributed by atoms with E-state index < -0.39 is 0 Å². The summed E-state index contributed by atoms with van der Waals surface area (Å²) in [6.45, 7) is 1.02. The molecular weight excluding hydrogens is 218 g/mol. The van der Waals surface area contributed by atoms with Gasteiger partial charge in [-0.05, 0) is 24.3 Å². The first kappa shape index (κ1) is 11.5. The van der Waals surface area contributed by atoms with Crippen LogP contribution < -0.4 is 4.74 Å². The number of aromatic nitrogens is 1. The highest BCUT2D eigenvalue weighted by Gasteiger charge is 2.00. The molecule has 0 unspecified atom stereocenters. The van der Waals surface area contributed by atoms with Crippen LogP contribution in [0.15, 0.2) is 30.5 Å². The SMILES string of the molecule is COCCOc1cnc2ccc(C=O)cc2c1. The summed E-state index contributed by atoms with van der Waals surface area (Å²) in [6, 6.07) is 7.22. The van der Waals surface area contributed by atoms with Gasteiger partial charge in [-0.15, -0.1) is 0 Å². The molecule has 0 radical (unpaired) electrons. The van der Waals surface area contributed by atoms with Crippen LogP contribution in [0.25, 0.3) is 10.9 Å². The lowest BCUT2D eigenvalue weighted by atomic mass is 10.1. The van der Waals surface area contributed by atoms with Crippen molar-refractivity contribution < 1.29 is 14.3 Å². The third-order valence-corrected chi connectivity index (χ3v) is 2.37. The number of carbonyl (C=O) groups excluding carboxylic acids is 1. The molecule has 0 N–H and O–H groups in total. The number of nitrogens with zero attached hydrogens (tertiary/aromatic N) is 1. The number of aldehydes is 1. The normalized spacial score (nSPS) is 10.4. The second kappa shape index (κ2) is 5.41. The smallest absolute Gasteiger partial charge is 0.150 e. The van der Waals surface area contributed by atoms with E-state index >= 15 is 0 Å². The second-order valence-electron chi connectivity index (χ2n) is 3.58. The van der Waals surface area contributed by atoms with Gasteiger partial charge < -0.3 is 9.47 Å². The molecular formula is C13H13NO3. The van der Waals surface area contributed by atoms with Crippen LogP contribution in [0.4, 0.5) is 0 Å². The molecule has 0 saturated heterocycles. The van der Waals surface area contributed by atoms with Crippen molar-refractivity contribution in [3.8, 4) is 5.75 Å². The Kier molecular flexibility index (Phi) is 3.67. The van der Waals surface area contributed by atoms with Crippen LogP contribution in [0.1, 0.15) is 10.4 Å². The number of benzene rings is 1. The minimum absolute atomic E-state index is 0.483. The predicted molar refractivity (Wildman–Crippen MR) is 64.5 cm³/mol. The van der Waals surface area contributed by atoms with E-state index in [4.69, 9.17) is 9.47 Å². The highest BCUT2D eigenvalue weighted by atomic mass is 16.5. The number of ether oxygens (including phenoxy) is 2. The largest absolute Gasteiger partial charge is 0.490 e. The fourth-order valence-electron chi connectivity index (χ4n) is 1.52. The Morgan fingerprint density at radius 3 is 2.94 bits per heavy atom. The van der Waals surface area contributed by atoms with Crippen molar-refractivity contribution in [1.29, 1.82) is 0 Å². The van der Waals surface area contributed by atoms with Gasteiger partial charge in [0, 0.05) is 18.1 Å². The quantitative estimate of drug-likeness (QED) is 0.584. The Labute approximate surface area is 99.2 Å². The molecule has 0 aliphatic heterocycles. The monoisotopic (exact) mass is 231 g/mol. The topological polar surface area (TPSA) is 48.4 Å². The molecule has 0 atom stereocenters. The van der Waals surface area contributed by atoms with Gasteiger partial charge in [0.25, 0.3) is 0 Å². The van der Waals surface area contributed by atoms with Gasteiger partial charge in [-0.1, -0.05) is 0 Å². The van der Waals surface area contributed by atoms with E-state index in [2.05, 4.69) is 4.98 Å². The first-order valence-corrected chi connectivity index (χ1v) is 5.30. The molecule has 1 aromatic carbocycles. The first-order valence-electron chi connectivity index (χ1n) is 5.30. The molecule has 0 amide bonds. The van der Waals surface area contributed by atoms with E-state index in [1.54, 1.807) is 25.4 Å². The molecule has 0 aliphatic carbocycles. The average molecular weight is 231 g/mol. The fraction of sp³-hybridized carbons (Fsp3) is 0.231. The van der Waals surface area contributed by atoms with Crippen LogP contribution in [-0.4, -0.2) is 31.6 Å². The van der Waals surface area contributed by atoms with E-state index in [9.17, 15) is 4.79 Å². The zero-order chi connectivity index (χ0) is 12.1. The van der Waals surface area contributed by atoms with Crippen molar-refractivity contribution in [2.75, 3.05) is 20.3 Å². The standard InChI is InChI=1S/C13H13NO3/c1-16-4-5-17-12-7-11-6-10(9-15)2-3-13(11)14-8-12/h2-3,6-9H,4-5H2,1H3. The molecule has 0 bridgehead atoms. The number of fused-ring (bicyclic) bond motifs is 1. The first-order chi connectivity index (χ1) is 8.33. The Balaban J connectivity index is 2.25. The Hall–Kier alpha value is -1.94. The van der Waals surface area contributed by atoms with Gasteiger partial charge in [0.15, 0.2) is 0 Å². The number of hydrogen-bond donors (Lipinski definition) is 0. The molecule has 0 saturated carbocycles. The van der Waals surface area contributed by atoms with Gasteiger partial charge in [-0.2, -0.15) is 0 Å². The van der Waals surface area contributed by atoms with Crippen molar-refractivity contribution >= 4 is 17.2 Å². The lowest BCUT2D eigenvalue weighted by molar-refractivity contribution is 0.112. The van der Waals surface area contributed by atoms with Crippen molar-refractivity contribution in [2.24, 2.45) is 0 Å². The summed E-state index contributed by atoms with van der Waals surface area (Å²) in [5.74, 6) is 0.678. The molecule has 4 nitrogen and oxygen atoms in total. The van der Waals surface area contributed by atoms with Crippen molar-refractivity contribution in [3.05, 3.63) is 36.0 Å². The fourth-order valence-corrected chi connectivity index (χ4v) is 1.52. The summed E-state index contributed by atoms with van der Waals surface area (Å²) >= 11 is 0. The molecule has 0 spiro atoms. The summed E-state index contributed by atoms with van der Waals surface area (Å²) in [5.41, 5.74) is 1.48. The summed E-state index contributed by atoms with van der Waals surface area (Å²) in [5, 5.41) is 0.893. The lowest BCUT2D eigenvalue weighted by Gasteiger charge is -2.06. The third kappa shape index (κ3) is 2.79. The van der Waals surface area contributed by atoms with Gasteiger partial charge in [0.05, 0.1) is 18.3 Å². The zero-order valence-electron chi connectivity index (χ0n) is 9.55. The van der Waals surface area contributed by atoms with Crippen LogP contribution in [0, 0.1) is 0 Å². The molecule has 1 aromatic heterocycles. The molecule has 0 fully saturated rings. The Morgan fingerprint density at radius 2 is 2.18 bits per heavy atom. The average Bonchev–Trinajstić information content (AvgIpc) is 2.38. The molecule has 2 aromatic rings. The van der Waals surface area contributed by atoms with Gasteiger partial charge in [-0.3, -0.25) is 9.78 Å². The van der Waals surface area contributed by atoms with Gasteiger partial charge in [0.1, 0.15) is 18.6 Å². The van der Waals surface area contributed by atoms with E-state index in [0.29, 0.717) is 24.5 Å². The van der Waals surface area contributed by atoms with Crippen LogP contribution in [0.3, 0.4) is 0 Å². The van der Waals surface area contributed by atoms with Gasteiger partial charge in [-0.25, -0.2) is 0 Å². The number of hydrogen-bond acceptors (Lipinski definition) is 4. The second-order valence-corrected chi connectivity index (χ2v) is 3.58. The third-order valence-electron chi connectivity index (χ3n) is 2.37. The highest BCUT2D eigenvalue weighted by Crippen LogP contribution is 2.19. The van der Waals surface area contributed by atoms with E-state index in [1.807, 2.05) is 12.1 Å². The number of pyridine rings is 1. The molecule has 2 rings (SSSR count). The van der Waals surface area contributed by atoms with E-state index in [-0.39, 0.29) is 0 Å². The Morgan fingerprint density at radius 1 is 1.29 bits per heavy atom. The van der Waals surface area contributed by atoms with E-state index in [1.165, 1.54) is 0 Å². The van der Waals surface area contributed by atoms with Gasteiger partial charge >= 0.3 is 0 Å². The molecule has 1 heterocycles. The summed E-state index contributed by atoms with van der Waals surface area (Å²) in [7, 11) is 1.62. The van der Waals surface area contributed by atoms with Crippen LogP contribution in [0.5, 0.6) is 5.75 Å². The van der Waals surface area contributed by atoms with Crippen molar-refractivity contribution in [1.82, 2.24) is 4.98 Å². The molecule has 88 valence electrons. The Bertz CT molecular complexity index is 525. The summed E-state index contributed by atoms with van der Waals surface area (Å²) < 4.78 is 10.3. The molecule has 17 heavy (non-hydrogen) atoms. The van der Waals surface area contributed by atoms with E-state index in [0.717, 1.165) is 17.2 Å². The highest BCUT2D eigenvalue weighted by molar-refractivity contribution is 5.87. The van der Waals surface area contributed by atoms with Crippen LogP contribution in [-0.2, 0) is 4.74 Å². The lowest BCUT2D eigenvalue weighted by Crippen LogP contribution is -2.04.